The third kappa shape index (κ3) is 16.1. The fourth-order valence-electron chi connectivity index (χ4n) is 17.4. The van der Waals surface area contributed by atoms with Gasteiger partial charge in [-0.1, -0.05) is 326 Å². The van der Waals surface area contributed by atoms with Crippen LogP contribution in [0.2, 0.25) is 0 Å². The highest BCUT2D eigenvalue weighted by Gasteiger charge is 2.44. The van der Waals surface area contributed by atoms with Crippen LogP contribution in [0.25, 0.3) is 112 Å². The van der Waals surface area contributed by atoms with E-state index in [9.17, 15) is 0 Å². The van der Waals surface area contributed by atoms with E-state index in [1.54, 1.807) is 5.56 Å². The summed E-state index contributed by atoms with van der Waals surface area (Å²) in [5.74, 6) is 0.699. The number of aryl methyl sites for hydroxylation is 2. The van der Waals surface area contributed by atoms with Crippen LogP contribution in [-0.4, -0.2) is 19.9 Å². The van der Waals surface area contributed by atoms with Gasteiger partial charge in [0.05, 0.1) is 22.8 Å². The van der Waals surface area contributed by atoms with E-state index in [2.05, 4.69) is 236 Å². The molecule has 4 heteroatoms. The molecule has 2 aliphatic rings. The molecule has 2 aliphatic carbocycles. The van der Waals surface area contributed by atoms with Gasteiger partial charge in [0.15, 0.2) is 5.82 Å². The fourth-order valence-corrected chi connectivity index (χ4v) is 17.4. The van der Waals surface area contributed by atoms with Gasteiger partial charge in [0, 0.05) is 51.0 Å². The molecule has 0 saturated carbocycles. The molecule has 11 aromatic rings. The topological polar surface area (TPSA) is 51.6 Å². The Balaban J connectivity index is 0.978. The zero-order valence-corrected chi connectivity index (χ0v) is 62.4. The van der Waals surface area contributed by atoms with Gasteiger partial charge in [-0.3, -0.25) is 9.97 Å². The third-order valence-electron chi connectivity index (χ3n) is 22.9. The minimum atomic E-state index is -0.197. The van der Waals surface area contributed by atoms with Crippen LogP contribution in [0.4, 0.5) is 0 Å². The van der Waals surface area contributed by atoms with Crippen LogP contribution < -0.4 is 0 Å². The number of rotatable bonds is 36. The van der Waals surface area contributed by atoms with Crippen molar-refractivity contribution in [1.29, 1.82) is 0 Å². The van der Waals surface area contributed by atoms with Crippen LogP contribution in [0.3, 0.4) is 0 Å². The van der Waals surface area contributed by atoms with E-state index in [0.29, 0.717) is 5.82 Å². The van der Waals surface area contributed by atoms with Crippen LogP contribution in [0.5, 0.6) is 0 Å². The summed E-state index contributed by atoms with van der Waals surface area (Å²) in [6, 6.07) is 78.5. The maximum Gasteiger partial charge on any atom is 0.160 e. The molecular weight excluding hydrogens is 1230 g/mol. The lowest BCUT2D eigenvalue weighted by Crippen LogP contribution is -2.26. The summed E-state index contributed by atoms with van der Waals surface area (Å²) in [4.78, 5) is 21.5. The van der Waals surface area contributed by atoms with E-state index in [-0.39, 0.29) is 10.8 Å². The summed E-state index contributed by atoms with van der Waals surface area (Å²) in [5, 5.41) is 0. The Morgan fingerprint density at radius 2 is 0.588 bits per heavy atom. The zero-order chi connectivity index (χ0) is 70.1. The number of benzene rings is 8. The Morgan fingerprint density at radius 1 is 0.235 bits per heavy atom. The molecule has 0 fully saturated rings. The molecule has 0 bridgehead atoms. The molecule has 0 radical (unpaired) electrons. The van der Waals surface area contributed by atoms with Crippen LogP contribution in [-0.2, 0) is 10.8 Å². The molecule has 0 unspecified atom stereocenters. The number of aromatic nitrogens is 4. The maximum atomic E-state index is 5.85. The predicted molar refractivity (Wildman–Crippen MR) is 435 cm³/mol. The lowest BCUT2D eigenvalue weighted by atomic mass is 9.70. The highest BCUT2D eigenvalue weighted by molar-refractivity contribution is 5.90. The second-order valence-electron chi connectivity index (χ2n) is 30.3. The van der Waals surface area contributed by atoms with Crippen molar-refractivity contribution >= 4 is 0 Å². The van der Waals surface area contributed by atoms with Gasteiger partial charge in [0.2, 0.25) is 0 Å². The van der Waals surface area contributed by atoms with Crippen molar-refractivity contribution < 1.29 is 0 Å². The number of hydrogen-bond donors (Lipinski definition) is 0. The van der Waals surface area contributed by atoms with Crippen LogP contribution >= 0.6 is 0 Å². The highest BCUT2D eigenvalue weighted by Crippen LogP contribution is 2.58. The molecule has 0 aliphatic heterocycles. The average Bonchev–Trinajstić information content (AvgIpc) is 1.56. The molecule has 0 N–H and O–H groups in total. The number of pyridine rings is 2. The summed E-state index contributed by atoms with van der Waals surface area (Å²) in [7, 11) is 0. The molecule has 0 atom stereocenters. The molecule has 0 amide bonds. The van der Waals surface area contributed by atoms with E-state index in [1.165, 1.54) is 238 Å². The molecule has 102 heavy (non-hydrogen) atoms. The predicted octanol–water partition coefficient (Wildman–Crippen LogP) is 28.8. The van der Waals surface area contributed by atoms with Gasteiger partial charge >= 0.3 is 0 Å². The standard InChI is InChI=1S/C98H110N4/c1-7-11-15-19-23-31-55-97(56-32-24-20-16-12-8-2)88-62-72(6)47-51-84(88)86-53-49-77(68-90(86)97)94-70-95(102-96(101-94)81-65-79(92-45-29-35-59-99-92)64-80(66-81)93-46-30-36-60-100-93)78-50-54-87-85-52-48-74(73-40-38-42-76(63-73)83-44-28-27-43-82(83)75-41-37-39-71(5)61-75)67-89(85)98(91(87)69-78,57-33-25-21-17-13-9-3)58-34-26-22-18-14-10-4/h27-30,35-54,59-70H,7-26,31-34,55-58H2,1-6H3. The quantitative estimate of drug-likeness (QED) is 0.0367. The third-order valence-corrected chi connectivity index (χ3v) is 22.9. The Bertz CT molecular complexity index is 4490. The molecule has 8 aromatic carbocycles. The normalized spacial score (nSPS) is 13.1. The molecule has 4 nitrogen and oxygen atoms in total. The van der Waals surface area contributed by atoms with Gasteiger partial charge in [0.1, 0.15) is 0 Å². The number of nitrogens with zero attached hydrogens (tertiary/aromatic N) is 4. The van der Waals surface area contributed by atoms with E-state index >= 15 is 0 Å². The van der Waals surface area contributed by atoms with Gasteiger partial charge in [-0.05, 0) is 190 Å². The number of hydrogen-bond acceptors (Lipinski definition) is 4. The van der Waals surface area contributed by atoms with Gasteiger partial charge in [-0.15, -0.1) is 0 Å². The van der Waals surface area contributed by atoms with Crippen molar-refractivity contribution in [3.05, 3.63) is 252 Å². The summed E-state index contributed by atoms with van der Waals surface area (Å²) in [6.45, 7) is 13.8. The first-order chi connectivity index (χ1) is 50.2. The van der Waals surface area contributed by atoms with E-state index in [0.717, 1.165) is 76.3 Å². The first-order valence-corrected chi connectivity index (χ1v) is 39.9. The molecular formula is C98H110N4. The van der Waals surface area contributed by atoms with Crippen molar-refractivity contribution in [3.8, 4) is 112 Å². The average molecular weight is 1340 g/mol. The molecule has 522 valence electrons. The molecule has 3 heterocycles. The monoisotopic (exact) mass is 1340 g/mol. The van der Waals surface area contributed by atoms with Gasteiger partial charge in [-0.2, -0.15) is 0 Å². The van der Waals surface area contributed by atoms with Crippen molar-refractivity contribution in [1.82, 2.24) is 19.9 Å². The van der Waals surface area contributed by atoms with Crippen LogP contribution in [0.1, 0.15) is 241 Å². The summed E-state index contributed by atoms with van der Waals surface area (Å²) in [5.41, 5.74) is 30.4. The largest absolute Gasteiger partial charge is 0.256 e. The van der Waals surface area contributed by atoms with Gasteiger partial charge in [-0.25, -0.2) is 9.97 Å². The van der Waals surface area contributed by atoms with Crippen molar-refractivity contribution in [2.24, 2.45) is 0 Å². The highest BCUT2D eigenvalue weighted by atomic mass is 14.9. The Kier molecular flexibility index (Phi) is 24.1. The Morgan fingerprint density at radius 3 is 1.04 bits per heavy atom. The zero-order valence-electron chi connectivity index (χ0n) is 62.4. The van der Waals surface area contributed by atoms with Gasteiger partial charge < -0.3 is 0 Å². The Labute approximate surface area is 612 Å². The number of fused-ring (bicyclic) bond motifs is 6. The fraction of sp³-hybridized carbons (Fsp3) is 0.367. The number of unbranched alkanes of at least 4 members (excludes halogenated alkanes) is 20. The van der Waals surface area contributed by atoms with E-state index in [4.69, 9.17) is 19.9 Å². The SMILES string of the molecule is CCCCCCCCC1(CCCCCCCC)c2cc(C)ccc2-c2ccc(-c3cc(-c4ccc5c(c4)C(CCCCCCCC)(CCCCCCCC)c4cc(-c6cccc(-c7ccccc7-c7cccc(C)c7)c6)ccc4-5)nc(-c4cc(-c5ccccn5)cc(-c5ccccn5)c4)n3)cc21. The molecule has 0 saturated heterocycles. The van der Waals surface area contributed by atoms with Crippen molar-refractivity contribution in [2.75, 3.05) is 0 Å². The minimum Gasteiger partial charge on any atom is -0.256 e. The lowest BCUT2D eigenvalue weighted by molar-refractivity contribution is 0.398. The summed E-state index contributed by atoms with van der Waals surface area (Å²) >= 11 is 0. The van der Waals surface area contributed by atoms with E-state index in [1.807, 2.05) is 24.5 Å². The smallest absolute Gasteiger partial charge is 0.160 e. The van der Waals surface area contributed by atoms with Gasteiger partial charge in [0.25, 0.3) is 0 Å². The van der Waals surface area contributed by atoms with Crippen molar-refractivity contribution in [2.45, 2.75) is 232 Å². The lowest BCUT2D eigenvalue weighted by Gasteiger charge is -2.33. The second kappa shape index (κ2) is 34.4. The first-order valence-electron chi connectivity index (χ1n) is 39.9. The Hall–Kier alpha value is -8.86. The summed E-state index contributed by atoms with van der Waals surface area (Å²) in [6.07, 6.45) is 38.9. The van der Waals surface area contributed by atoms with Crippen LogP contribution in [0, 0.1) is 13.8 Å². The maximum absolute atomic E-state index is 5.85. The minimum absolute atomic E-state index is 0.0878. The summed E-state index contributed by atoms with van der Waals surface area (Å²) < 4.78 is 0. The molecule has 13 rings (SSSR count). The molecule has 0 spiro atoms. The van der Waals surface area contributed by atoms with Crippen molar-refractivity contribution in [3.63, 3.8) is 0 Å². The van der Waals surface area contributed by atoms with E-state index < -0.39 is 0 Å². The van der Waals surface area contributed by atoms with Crippen LogP contribution in [0.15, 0.2) is 219 Å². The first kappa shape index (κ1) is 71.5. The second-order valence-corrected chi connectivity index (χ2v) is 30.3. The molecule has 3 aromatic heterocycles.